The van der Waals surface area contributed by atoms with Crippen molar-refractivity contribution in [3.63, 3.8) is 0 Å². The zero-order valence-electron chi connectivity index (χ0n) is 18.7. The van der Waals surface area contributed by atoms with Gasteiger partial charge in [-0.25, -0.2) is 22.8 Å². The summed E-state index contributed by atoms with van der Waals surface area (Å²) in [6.07, 6.45) is -3.71. The molecule has 1 fully saturated rings. The molecule has 1 amide bonds. The monoisotopic (exact) mass is 523 g/mol. The molecule has 1 aromatic heterocycles. The van der Waals surface area contributed by atoms with Crippen LogP contribution in [0.2, 0.25) is 0 Å². The highest BCUT2D eigenvalue weighted by Crippen LogP contribution is 2.31. The number of carbonyl (C=O) groups is 1. The molecule has 0 aliphatic carbocycles. The van der Waals surface area contributed by atoms with E-state index < -0.39 is 39.5 Å². The molecule has 1 atom stereocenters. The van der Waals surface area contributed by atoms with Crippen LogP contribution < -0.4 is 11.1 Å². The van der Waals surface area contributed by atoms with E-state index in [1.165, 1.54) is 18.2 Å². The largest absolute Gasteiger partial charge is 0.416 e. The Morgan fingerprint density at radius 3 is 2.39 bits per heavy atom. The second-order valence-electron chi connectivity index (χ2n) is 8.12. The molecule has 0 spiro atoms. The molecule has 0 radical (unpaired) electrons. The van der Waals surface area contributed by atoms with E-state index in [4.69, 9.17) is 5.73 Å². The normalized spacial score (nSPS) is 16.7. The summed E-state index contributed by atoms with van der Waals surface area (Å²) < 4.78 is 78.7. The van der Waals surface area contributed by atoms with Gasteiger partial charge in [0.15, 0.2) is 0 Å². The van der Waals surface area contributed by atoms with Gasteiger partial charge in [-0.3, -0.25) is 4.79 Å². The van der Waals surface area contributed by atoms with E-state index >= 15 is 0 Å². The maximum Gasteiger partial charge on any atom is 0.416 e. The number of nitrogens with two attached hydrogens (primary N) is 1. The van der Waals surface area contributed by atoms with Crippen molar-refractivity contribution < 1.29 is 30.8 Å². The predicted octanol–water partition coefficient (Wildman–Crippen LogP) is 3.35. The third-order valence-electron chi connectivity index (χ3n) is 5.67. The fourth-order valence-electron chi connectivity index (χ4n) is 3.91. The van der Waals surface area contributed by atoms with Crippen LogP contribution in [-0.4, -0.2) is 41.2 Å². The fourth-order valence-corrected chi connectivity index (χ4v) is 5.57. The van der Waals surface area contributed by atoms with Crippen molar-refractivity contribution in [2.45, 2.75) is 36.5 Å². The van der Waals surface area contributed by atoms with E-state index in [-0.39, 0.29) is 35.3 Å². The third kappa shape index (κ3) is 5.46. The first-order valence-electron chi connectivity index (χ1n) is 10.8. The molecule has 0 unspecified atom stereocenters. The topological polar surface area (TPSA) is 118 Å². The van der Waals surface area contributed by atoms with E-state index in [0.29, 0.717) is 18.4 Å². The number of nitrogens with zero attached hydrogens (tertiary/aromatic N) is 3. The van der Waals surface area contributed by atoms with Gasteiger partial charge in [0.2, 0.25) is 21.9 Å². The summed E-state index contributed by atoms with van der Waals surface area (Å²) >= 11 is 0. The van der Waals surface area contributed by atoms with E-state index in [1.807, 2.05) is 0 Å². The third-order valence-corrected chi connectivity index (χ3v) is 7.60. The summed E-state index contributed by atoms with van der Waals surface area (Å²) in [4.78, 5) is 20.8. The number of rotatable bonds is 6. The summed E-state index contributed by atoms with van der Waals surface area (Å²) in [5.74, 6) is -1.27. The minimum Gasteiger partial charge on any atom is -0.368 e. The molecular formula is C23H21F4N5O3S. The summed E-state index contributed by atoms with van der Waals surface area (Å²) in [6.45, 7) is 0.0243. The summed E-state index contributed by atoms with van der Waals surface area (Å²) in [6, 6.07) is 9.21. The predicted molar refractivity (Wildman–Crippen MR) is 122 cm³/mol. The van der Waals surface area contributed by atoms with Gasteiger partial charge in [-0.1, -0.05) is 12.1 Å². The molecule has 13 heteroatoms. The number of sulfonamides is 1. The number of amides is 1. The number of nitrogen functional groups attached to an aromatic ring is 1. The van der Waals surface area contributed by atoms with Crippen molar-refractivity contribution in [1.29, 1.82) is 0 Å². The molecule has 3 aromatic rings. The summed E-state index contributed by atoms with van der Waals surface area (Å²) in [5, 5.41) is 2.64. The first-order chi connectivity index (χ1) is 16.9. The van der Waals surface area contributed by atoms with Gasteiger partial charge in [-0.2, -0.15) is 17.5 Å². The molecular weight excluding hydrogens is 502 g/mol. The molecule has 1 saturated heterocycles. The highest BCUT2D eigenvalue weighted by molar-refractivity contribution is 7.89. The van der Waals surface area contributed by atoms with Gasteiger partial charge < -0.3 is 11.1 Å². The lowest BCUT2D eigenvalue weighted by Crippen LogP contribution is -2.45. The van der Waals surface area contributed by atoms with Crippen molar-refractivity contribution in [1.82, 2.24) is 19.6 Å². The maximum absolute atomic E-state index is 13.2. The van der Waals surface area contributed by atoms with E-state index in [9.17, 15) is 30.8 Å². The fraction of sp³-hybridized carbons (Fsp3) is 0.261. The Balaban J connectivity index is 1.48. The van der Waals surface area contributed by atoms with Crippen molar-refractivity contribution >= 4 is 21.9 Å². The van der Waals surface area contributed by atoms with Gasteiger partial charge in [0, 0.05) is 12.1 Å². The van der Waals surface area contributed by atoms with Gasteiger partial charge in [0.1, 0.15) is 11.9 Å². The number of alkyl halides is 3. The average Bonchev–Trinajstić information content (AvgIpc) is 3.33. The van der Waals surface area contributed by atoms with Crippen LogP contribution in [0, 0.1) is 5.82 Å². The smallest absolute Gasteiger partial charge is 0.368 e. The summed E-state index contributed by atoms with van der Waals surface area (Å²) in [5.41, 5.74) is 5.87. The minimum absolute atomic E-state index is 0.111. The Labute approximate surface area is 204 Å². The zero-order valence-corrected chi connectivity index (χ0v) is 19.5. The molecule has 2 aromatic carbocycles. The maximum atomic E-state index is 13.2. The highest BCUT2D eigenvalue weighted by atomic mass is 32.2. The minimum atomic E-state index is -4.48. The van der Waals surface area contributed by atoms with Gasteiger partial charge in [-0.05, 0) is 55.3 Å². The highest BCUT2D eigenvalue weighted by Gasteiger charge is 2.39. The van der Waals surface area contributed by atoms with Gasteiger partial charge >= 0.3 is 6.18 Å². The van der Waals surface area contributed by atoms with Crippen LogP contribution in [0.5, 0.6) is 0 Å². The standard InChI is InChI=1S/C23H21F4N5O3S/c24-16-7-9-18(10-8-16)36(34,35)32-11-1-2-20(32)21(33)29-13-17-12-19(31-22(28)30-17)14-3-5-15(6-4-14)23(25,26)27/h3-10,12,20H,1-2,11,13H2,(H,29,33)(H2,28,30,31)/t20-/m1/s1. The first kappa shape index (κ1) is 25.5. The number of hydrogen-bond acceptors (Lipinski definition) is 6. The van der Waals surface area contributed by atoms with E-state index in [2.05, 4.69) is 15.3 Å². The Kier molecular flexibility index (Phi) is 6.96. The number of halogens is 4. The molecule has 4 rings (SSSR count). The lowest BCUT2D eigenvalue weighted by molar-refractivity contribution is -0.137. The Bertz CT molecular complexity index is 1360. The van der Waals surface area contributed by atoms with E-state index in [0.717, 1.165) is 40.7 Å². The van der Waals surface area contributed by atoms with Crippen LogP contribution in [-0.2, 0) is 27.5 Å². The van der Waals surface area contributed by atoms with Crippen molar-refractivity contribution in [3.05, 3.63) is 71.7 Å². The van der Waals surface area contributed by atoms with Crippen LogP contribution in [0.25, 0.3) is 11.3 Å². The quantitative estimate of drug-likeness (QED) is 0.479. The number of benzene rings is 2. The second kappa shape index (κ2) is 9.82. The molecule has 0 bridgehead atoms. The van der Waals surface area contributed by atoms with Crippen LogP contribution in [0.1, 0.15) is 24.1 Å². The Morgan fingerprint density at radius 2 is 1.75 bits per heavy atom. The molecule has 1 aliphatic rings. The average molecular weight is 524 g/mol. The number of aromatic nitrogens is 2. The lowest BCUT2D eigenvalue weighted by atomic mass is 10.1. The van der Waals surface area contributed by atoms with Crippen LogP contribution in [0.15, 0.2) is 59.5 Å². The molecule has 0 saturated carbocycles. The number of nitrogens with one attached hydrogen (secondary N) is 1. The number of anilines is 1. The molecule has 2 heterocycles. The van der Waals surface area contributed by atoms with Gasteiger partial charge in [0.25, 0.3) is 0 Å². The SMILES string of the molecule is Nc1nc(CNC(=O)[C@H]2CCCN2S(=O)(=O)c2ccc(F)cc2)cc(-c2ccc(C(F)(F)F)cc2)n1. The Hall–Kier alpha value is -3.58. The van der Waals surface area contributed by atoms with Gasteiger partial charge in [-0.15, -0.1) is 0 Å². The molecule has 1 aliphatic heterocycles. The second-order valence-corrected chi connectivity index (χ2v) is 10.0. The van der Waals surface area contributed by atoms with Gasteiger partial charge in [0.05, 0.1) is 28.4 Å². The zero-order chi connectivity index (χ0) is 26.1. The molecule has 36 heavy (non-hydrogen) atoms. The molecule has 190 valence electrons. The number of hydrogen-bond donors (Lipinski definition) is 2. The molecule has 8 nitrogen and oxygen atoms in total. The first-order valence-corrected chi connectivity index (χ1v) is 12.3. The molecule has 3 N–H and O–H groups in total. The number of carbonyl (C=O) groups excluding carboxylic acids is 1. The summed E-state index contributed by atoms with van der Waals surface area (Å²) in [7, 11) is -4.02. The van der Waals surface area contributed by atoms with Crippen molar-refractivity contribution in [2.24, 2.45) is 0 Å². The van der Waals surface area contributed by atoms with Crippen molar-refractivity contribution in [3.8, 4) is 11.3 Å². The lowest BCUT2D eigenvalue weighted by Gasteiger charge is -2.23. The Morgan fingerprint density at radius 1 is 1.08 bits per heavy atom. The van der Waals surface area contributed by atoms with Crippen LogP contribution in [0.3, 0.4) is 0 Å². The van der Waals surface area contributed by atoms with Crippen LogP contribution >= 0.6 is 0 Å². The van der Waals surface area contributed by atoms with E-state index in [1.54, 1.807) is 0 Å². The van der Waals surface area contributed by atoms with Crippen molar-refractivity contribution in [2.75, 3.05) is 12.3 Å². The van der Waals surface area contributed by atoms with Crippen LogP contribution in [0.4, 0.5) is 23.5 Å².